The molecule has 0 aliphatic rings. The Hall–Kier alpha value is -1.73. The van der Waals surface area contributed by atoms with Crippen LogP contribution in [0.2, 0.25) is 5.02 Å². The van der Waals surface area contributed by atoms with Crippen LogP contribution in [0.4, 0.5) is 0 Å². The van der Waals surface area contributed by atoms with Crippen molar-refractivity contribution in [2.24, 2.45) is 0 Å². The Labute approximate surface area is 111 Å². The lowest BCUT2D eigenvalue weighted by Crippen LogP contribution is -1.81. The number of aryl methyl sites for hydroxylation is 1. The summed E-state index contributed by atoms with van der Waals surface area (Å²) < 4.78 is 0. The molecule has 0 fully saturated rings. The van der Waals surface area contributed by atoms with E-state index in [1.807, 2.05) is 12.1 Å². The number of nitrogens with one attached hydrogen (secondary N) is 1. The van der Waals surface area contributed by atoms with E-state index in [0.717, 1.165) is 28.0 Å². The van der Waals surface area contributed by atoms with E-state index < -0.39 is 0 Å². The number of rotatable bonds is 2. The van der Waals surface area contributed by atoms with Crippen LogP contribution in [0, 0.1) is 0 Å². The highest BCUT2D eigenvalue weighted by Crippen LogP contribution is 2.28. The zero-order chi connectivity index (χ0) is 12.5. The van der Waals surface area contributed by atoms with E-state index in [9.17, 15) is 0 Å². The molecule has 1 heterocycles. The molecular weight excluding hydrogens is 242 g/mol. The van der Waals surface area contributed by atoms with Crippen LogP contribution in [0.15, 0.2) is 48.5 Å². The largest absolute Gasteiger partial charge is 0.353 e. The lowest BCUT2D eigenvalue weighted by Gasteiger charge is -2.00. The summed E-state index contributed by atoms with van der Waals surface area (Å²) in [5.74, 6) is 0. The average molecular weight is 256 g/mol. The molecule has 18 heavy (non-hydrogen) atoms. The second-order valence-electron chi connectivity index (χ2n) is 4.44. The molecule has 0 atom stereocenters. The standard InChI is InChI=1S/C16H14ClN/c1-2-11-6-8-12(9-7-11)15-10-13-4-3-5-14(17)16(13)18-15/h3-10,18H,2H2,1H3. The molecule has 90 valence electrons. The van der Waals surface area contributed by atoms with Crippen molar-refractivity contribution in [1.29, 1.82) is 0 Å². The number of fused-ring (bicyclic) bond motifs is 1. The molecule has 0 aliphatic heterocycles. The van der Waals surface area contributed by atoms with Crippen molar-refractivity contribution >= 4 is 22.5 Å². The Morgan fingerprint density at radius 1 is 1.06 bits per heavy atom. The number of para-hydroxylation sites is 1. The molecule has 0 aliphatic carbocycles. The van der Waals surface area contributed by atoms with Gasteiger partial charge in [0.1, 0.15) is 0 Å². The summed E-state index contributed by atoms with van der Waals surface area (Å²) in [4.78, 5) is 3.39. The molecule has 1 aromatic heterocycles. The first-order valence-corrected chi connectivity index (χ1v) is 6.52. The summed E-state index contributed by atoms with van der Waals surface area (Å²) in [6, 6.07) is 16.7. The van der Waals surface area contributed by atoms with E-state index in [-0.39, 0.29) is 0 Å². The minimum absolute atomic E-state index is 0.768. The number of hydrogen-bond donors (Lipinski definition) is 1. The van der Waals surface area contributed by atoms with Gasteiger partial charge in [0, 0.05) is 11.1 Å². The van der Waals surface area contributed by atoms with E-state index in [1.165, 1.54) is 11.1 Å². The minimum atomic E-state index is 0.768. The topological polar surface area (TPSA) is 15.8 Å². The quantitative estimate of drug-likeness (QED) is 0.659. The second-order valence-corrected chi connectivity index (χ2v) is 4.84. The molecule has 3 aromatic rings. The molecule has 0 amide bonds. The summed E-state index contributed by atoms with van der Waals surface area (Å²) in [6.07, 6.45) is 1.07. The van der Waals surface area contributed by atoms with Gasteiger partial charge in [0.15, 0.2) is 0 Å². The molecule has 0 bridgehead atoms. The van der Waals surface area contributed by atoms with Crippen LogP contribution >= 0.6 is 11.6 Å². The van der Waals surface area contributed by atoms with Gasteiger partial charge in [0.25, 0.3) is 0 Å². The molecule has 1 nitrogen and oxygen atoms in total. The third-order valence-electron chi connectivity index (χ3n) is 3.28. The first kappa shape index (κ1) is 11.4. The van der Waals surface area contributed by atoms with Crippen LogP contribution in [-0.4, -0.2) is 4.98 Å². The summed E-state index contributed by atoms with van der Waals surface area (Å²) in [5.41, 5.74) is 4.67. The van der Waals surface area contributed by atoms with Crippen LogP contribution in [0.5, 0.6) is 0 Å². The molecule has 3 rings (SSSR count). The van der Waals surface area contributed by atoms with Gasteiger partial charge in [-0.15, -0.1) is 0 Å². The van der Waals surface area contributed by atoms with Crippen LogP contribution in [0.1, 0.15) is 12.5 Å². The normalized spacial score (nSPS) is 11.0. The van der Waals surface area contributed by atoms with Gasteiger partial charge >= 0.3 is 0 Å². The highest BCUT2D eigenvalue weighted by atomic mass is 35.5. The third-order valence-corrected chi connectivity index (χ3v) is 3.59. The summed E-state index contributed by atoms with van der Waals surface area (Å²) in [6.45, 7) is 2.16. The first-order valence-electron chi connectivity index (χ1n) is 6.14. The first-order chi connectivity index (χ1) is 8.78. The molecule has 1 N–H and O–H groups in total. The van der Waals surface area contributed by atoms with Crippen molar-refractivity contribution < 1.29 is 0 Å². The summed E-state index contributed by atoms with van der Waals surface area (Å²) >= 11 is 6.17. The van der Waals surface area contributed by atoms with Crippen molar-refractivity contribution in [3.63, 3.8) is 0 Å². The van der Waals surface area contributed by atoms with E-state index in [1.54, 1.807) is 0 Å². The Morgan fingerprint density at radius 3 is 2.50 bits per heavy atom. The Morgan fingerprint density at radius 2 is 1.83 bits per heavy atom. The number of aromatic nitrogens is 1. The molecule has 0 radical (unpaired) electrons. The molecule has 2 heteroatoms. The lowest BCUT2D eigenvalue weighted by molar-refractivity contribution is 1.14. The maximum atomic E-state index is 6.17. The summed E-state index contributed by atoms with van der Waals surface area (Å²) in [5, 5.41) is 1.92. The van der Waals surface area contributed by atoms with Gasteiger partial charge in [-0.1, -0.05) is 54.9 Å². The van der Waals surface area contributed by atoms with Gasteiger partial charge < -0.3 is 4.98 Å². The minimum Gasteiger partial charge on any atom is -0.353 e. The SMILES string of the molecule is CCc1ccc(-c2cc3cccc(Cl)c3[nH]2)cc1. The van der Waals surface area contributed by atoms with Crippen molar-refractivity contribution in [2.45, 2.75) is 13.3 Å². The Bertz CT molecular complexity index is 680. The average Bonchev–Trinajstić information content (AvgIpc) is 2.84. The smallest absolute Gasteiger partial charge is 0.0648 e. The van der Waals surface area contributed by atoms with E-state index in [2.05, 4.69) is 48.3 Å². The fourth-order valence-electron chi connectivity index (χ4n) is 2.19. The predicted octanol–water partition coefficient (Wildman–Crippen LogP) is 5.05. The van der Waals surface area contributed by atoms with E-state index in [4.69, 9.17) is 11.6 Å². The molecule has 2 aromatic carbocycles. The number of aromatic amines is 1. The van der Waals surface area contributed by atoms with Crippen LogP contribution in [0.25, 0.3) is 22.2 Å². The number of halogens is 1. The Balaban J connectivity index is 2.10. The third kappa shape index (κ3) is 1.91. The maximum Gasteiger partial charge on any atom is 0.0648 e. The van der Waals surface area contributed by atoms with E-state index >= 15 is 0 Å². The van der Waals surface area contributed by atoms with E-state index in [0.29, 0.717) is 0 Å². The van der Waals surface area contributed by atoms with Crippen molar-refractivity contribution in [3.05, 3.63) is 59.1 Å². The number of hydrogen-bond acceptors (Lipinski definition) is 0. The van der Waals surface area contributed by atoms with Crippen LogP contribution in [0.3, 0.4) is 0 Å². The summed E-state index contributed by atoms with van der Waals surface area (Å²) in [7, 11) is 0. The van der Waals surface area contributed by atoms with Crippen LogP contribution < -0.4 is 0 Å². The predicted molar refractivity (Wildman–Crippen MR) is 78.1 cm³/mol. The fraction of sp³-hybridized carbons (Fsp3) is 0.125. The molecular formula is C16H14ClN. The maximum absolute atomic E-state index is 6.17. The molecule has 0 spiro atoms. The van der Waals surface area contributed by atoms with Crippen molar-refractivity contribution in [2.75, 3.05) is 0 Å². The lowest BCUT2D eigenvalue weighted by atomic mass is 10.1. The molecule has 0 saturated carbocycles. The van der Waals surface area contributed by atoms with Gasteiger partial charge in [-0.25, -0.2) is 0 Å². The second kappa shape index (κ2) is 4.51. The number of benzene rings is 2. The molecule has 0 unspecified atom stereocenters. The van der Waals surface area contributed by atoms with Gasteiger partial charge in [-0.2, -0.15) is 0 Å². The fourth-order valence-corrected chi connectivity index (χ4v) is 2.42. The zero-order valence-electron chi connectivity index (χ0n) is 10.2. The van der Waals surface area contributed by atoms with Gasteiger partial charge in [-0.3, -0.25) is 0 Å². The van der Waals surface area contributed by atoms with Gasteiger partial charge in [-0.05, 0) is 29.7 Å². The Kier molecular flexibility index (Phi) is 2.85. The van der Waals surface area contributed by atoms with Gasteiger partial charge in [0.2, 0.25) is 0 Å². The highest BCUT2D eigenvalue weighted by Gasteiger charge is 2.05. The van der Waals surface area contributed by atoms with Crippen molar-refractivity contribution in [3.8, 4) is 11.3 Å². The monoisotopic (exact) mass is 255 g/mol. The van der Waals surface area contributed by atoms with Crippen LogP contribution in [-0.2, 0) is 6.42 Å². The highest BCUT2D eigenvalue weighted by molar-refractivity contribution is 6.35. The number of H-pyrrole nitrogens is 1. The molecule has 0 saturated heterocycles. The van der Waals surface area contributed by atoms with Gasteiger partial charge in [0.05, 0.1) is 10.5 Å². The van der Waals surface area contributed by atoms with Crippen molar-refractivity contribution in [1.82, 2.24) is 4.98 Å². The zero-order valence-corrected chi connectivity index (χ0v) is 11.0.